The number of halogens is 3. The Hall–Kier alpha value is -1.36. The van der Waals surface area contributed by atoms with E-state index in [0.717, 1.165) is 19.3 Å². The van der Waals surface area contributed by atoms with E-state index < -0.39 is 12.2 Å². The first-order valence-electron chi connectivity index (χ1n) is 6.89. The standard InChI is InChI=1S/C15H19F3N2/c16-15(17,18)14(10-12-6-8-19-9-7-12)20-11-13-4-2-1-3-5-13/h1-2,6-9,13-14,20H,3-5,10-11H2/t13-,14+/m0/s1. The van der Waals surface area contributed by atoms with Crippen LogP contribution in [0.25, 0.3) is 0 Å². The summed E-state index contributed by atoms with van der Waals surface area (Å²) in [4.78, 5) is 3.83. The first-order chi connectivity index (χ1) is 9.55. The molecule has 2 rings (SSSR count). The molecule has 0 spiro atoms. The zero-order valence-electron chi connectivity index (χ0n) is 11.2. The number of rotatable bonds is 5. The van der Waals surface area contributed by atoms with E-state index in [1.54, 1.807) is 12.1 Å². The summed E-state index contributed by atoms with van der Waals surface area (Å²) in [6.45, 7) is 0.416. The zero-order valence-corrected chi connectivity index (χ0v) is 11.2. The van der Waals surface area contributed by atoms with Gasteiger partial charge in [0.2, 0.25) is 0 Å². The molecule has 1 aromatic rings. The number of allylic oxidation sites excluding steroid dienone is 2. The Kier molecular flexibility index (Phi) is 5.17. The summed E-state index contributed by atoms with van der Waals surface area (Å²) in [5.41, 5.74) is 0.651. The molecule has 0 amide bonds. The molecule has 0 bridgehead atoms. The molecule has 0 saturated carbocycles. The Morgan fingerprint density at radius 1 is 1.25 bits per heavy atom. The molecular weight excluding hydrogens is 265 g/mol. The highest BCUT2D eigenvalue weighted by Crippen LogP contribution is 2.24. The third-order valence-electron chi connectivity index (χ3n) is 3.61. The van der Waals surface area contributed by atoms with Crippen molar-refractivity contribution in [1.29, 1.82) is 0 Å². The smallest absolute Gasteiger partial charge is 0.306 e. The summed E-state index contributed by atoms with van der Waals surface area (Å²) >= 11 is 0. The van der Waals surface area contributed by atoms with Gasteiger partial charge in [-0.05, 0) is 55.8 Å². The van der Waals surface area contributed by atoms with Crippen LogP contribution in [-0.2, 0) is 6.42 Å². The Morgan fingerprint density at radius 2 is 2.00 bits per heavy atom. The van der Waals surface area contributed by atoms with Gasteiger partial charge >= 0.3 is 6.18 Å². The second-order valence-electron chi connectivity index (χ2n) is 5.21. The summed E-state index contributed by atoms with van der Waals surface area (Å²) in [6, 6.07) is 1.77. The maximum absolute atomic E-state index is 13.1. The third kappa shape index (κ3) is 4.63. The fraction of sp³-hybridized carbons (Fsp3) is 0.533. The van der Waals surface area contributed by atoms with Crippen LogP contribution in [0, 0.1) is 5.92 Å². The lowest BCUT2D eigenvalue weighted by atomic mass is 9.94. The van der Waals surface area contributed by atoms with E-state index >= 15 is 0 Å². The van der Waals surface area contributed by atoms with E-state index in [1.807, 2.05) is 0 Å². The molecule has 0 aromatic carbocycles. The van der Waals surface area contributed by atoms with E-state index in [0.29, 0.717) is 18.0 Å². The Bertz CT molecular complexity index is 428. The molecule has 0 radical (unpaired) electrons. The highest BCUT2D eigenvalue weighted by molar-refractivity contribution is 5.12. The molecule has 1 N–H and O–H groups in total. The Labute approximate surface area is 117 Å². The molecule has 20 heavy (non-hydrogen) atoms. The molecule has 0 unspecified atom stereocenters. The number of alkyl halides is 3. The van der Waals surface area contributed by atoms with Crippen molar-refractivity contribution >= 4 is 0 Å². The molecule has 1 aromatic heterocycles. The van der Waals surface area contributed by atoms with Crippen LogP contribution in [0.5, 0.6) is 0 Å². The van der Waals surface area contributed by atoms with E-state index in [-0.39, 0.29) is 6.42 Å². The minimum Gasteiger partial charge on any atom is -0.306 e. The van der Waals surface area contributed by atoms with Gasteiger partial charge in [-0.3, -0.25) is 4.98 Å². The van der Waals surface area contributed by atoms with E-state index in [1.165, 1.54) is 12.4 Å². The summed E-state index contributed by atoms with van der Waals surface area (Å²) in [5.74, 6) is 0.308. The van der Waals surface area contributed by atoms with Gasteiger partial charge in [0.15, 0.2) is 0 Å². The Morgan fingerprint density at radius 3 is 2.60 bits per heavy atom. The van der Waals surface area contributed by atoms with Crippen molar-refractivity contribution in [3.63, 3.8) is 0 Å². The monoisotopic (exact) mass is 284 g/mol. The summed E-state index contributed by atoms with van der Waals surface area (Å²) in [5, 5.41) is 2.70. The van der Waals surface area contributed by atoms with Crippen molar-refractivity contribution in [3.8, 4) is 0 Å². The van der Waals surface area contributed by atoms with E-state index in [4.69, 9.17) is 0 Å². The first kappa shape index (κ1) is 15.0. The van der Waals surface area contributed by atoms with Crippen LogP contribution in [0.15, 0.2) is 36.7 Å². The van der Waals surface area contributed by atoms with Crippen molar-refractivity contribution in [2.75, 3.05) is 6.54 Å². The van der Waals surface area contributed by atoms with Gasteiger partial charge < -0.3 is 5.32 Å². The lowest BCUT2D eigenvalue weighted by Crippen LogP contribution is -2.45. The SMILES string of the molecule is FC(F)(F)[C@@H](Cc1ccncc1)NC[C@H]1CC=CCC1. The molecule has 0 aliphatic heterocycles. The van der Waals surface area contributed by atoms with Crippen molar-refractivity contribution in [2.45, 2.75) is 37.9 Å². The normalized spacial score (nSPS) is 20.9. The molecule has 1 heterocycles. The van der Waals surface area contributed by atoms with Crippen LogP contribution >= 0.6 is 0 Å². The lowest BCUT2D eigenvalue weighted by Gasteiger charge is -2.25. The van der Waals surface area contributed by atoms with Crippen LogP contribution < -0.4 is 5.32 Å². The molecule has 1 aliphatic carbocycles. The van der Waals surface area contributed by atoms with Crippen LogP contribution in [0.2, 0.25) is 0 Å². The van der Waals surface area contributed by atoms with Gasteiger partial charge in [0.25, 0.3) is 0 Å². The average Bonchev–Trinajstić information content (AvgIpc) is 2.44. The quantitative estimate of drug-likeness (QED) is 0.837. The van der Waals surface area contributed by atoms with Gasteiger partial charge in [-0.1, -0.05) is 12.2 Å². The van der Waals surface area contributed by atoms with Crippen molar-refractivity contribution < 1.29 is 13.2 Å². The molecule has 110 valence electrons. The topological polar surface area (TPSA) is 24.9 Å². The number of nitrogens with one attached hydrogen (secondary N) is 1. The highest BCUT2D eigenvalue weighted by atomic mass is 19.4. The highest BCUT2D eigenvalue weighted by Gasteiger charge is 2.39. The van der Waals surface area contributed by atoms with E-state index in [2.05, 4.69) is 22.5 Å². The lowest BCUT2D eigenvalue weighted by molar-refractivity contribution is -0.156. The molecule has 2 atom stereocenters. The maximum Gasteiger partial charge on any atom is 0.404 e. The van der Waals surface area contributed by atoms with Crippen molar-refractivity contribution in [1.82, 2.24) is 10.3 Å². The molecule has 5 heteroatoms. The number of hydrogen-bond acceptors (Lipinski definition) is 2. The largest absolute Gasteiger partial charge is 0.404 e. The maximum atomic E-state index is 13.1. The first-order valence-corrected chi connectivity index (χ1v) is 6.89. The van der Waals surface area contributed by atoms with Gasteiger partial charge in [-0.2, -0.15) is 13.2 Å². The zero-order chi connectivity index (χ0) is 14.4. The average molecular weight is 284 g/mol. The molecule has 0 fully saturated rings. The second kappa shape index (κ2) is 6.88. The Balaban J connectivity index is 1.92. The summed E-state index contributed by atoms with van der Waals surface area (Å²) in [6.07, 6.45) is 5.71. The minimum atomic E-state index is -4.23. The van der Waals surface area contributed by atoms with Crippen molar-refractivity contribution in [2.24, 2.45) is 5.92 Å². The van der Waals surface area contributed by atoms with Gasteiger partial charge in [0, 0.05) is 12.4 Å². The minimum absolute atomic E-state index is 0.0470. The van der Waals surface area contributed by atoms with Gasteiger partial charge in [0.05, 0.1) is 0 Å². The molecule has 0 saturated heterocycles. The van der Waals surface area contributed by atoms with Gasteiger partial charge in [0.1, 0.15) is 6.04 Å². The van der Waals surface area contributed by atoms with Crippen LogP contribution in [0.4, 0.5) is 13.2 Å². The van der Waals surface area contributed by atoms with Crippen molar-refractivity contribution in [3.05, 3.63) is 42.2 Å². The molecule has 1 aliphatic rings. The van der Waals surface area contributed by atoms with Gasteiger partial charge in [-0.15, -0.1) is 0 Å². The van der Waals surface area contributed by atoms with Crippen LogP contribution in [0.1, 0.15) is 24.8 Å². The van der Waals surface area contributed by atoms with E-state index in [9.17, 15) is 13.2 Å². The number of nitrogens with zero attached hydrogens (tertiary/aromatic N) is 1. The fourth-order valence-corrected chi connectivity index (χ4v) is 2.41. The summed E-state index contributed by atoms with van der Waals surface area (Å²) < 4.78 is 39.2. The number of aromatic nitrogens is 1. The van der Waals surface area contributed by atoms with Gasteiger partial charge in [-0.25, -0.2) is 0 Å². The number of pyridine rings is 1. The fourth-order valence-electron chi connectivity index (χ4n) is 2.41. The number of hydrogen-bond donors (Lipinski definition) is 1. The summed E-state index contributed by atoms with van der Waals surface area (Å²) in [7, 11) is 0. The predicted octanol–water partition coefficient (Wildman–Crippen LogP) is 3.50. The van der Waals surface area contributed by atoms with Crippen LogP contribution in [-0.4, -0.2) is 23.7 Å². The predicted molar refractivity (Wildman–Crippen MR) is 72.3 cm³/mol. The molecular formula is C15H19F3N2. The second-order valence-corrected chi connectivity index (χ2v) is 5.21. The van der Waals surface area contributed by atoms with Crippen LogP contribution in [0.3, 0.4) is 0 Å². The third-order valence-corrected chi connectivity index (χ3v) is 3.61. The molecule has 2 nitrogen and oxygen atoms in total.